The van der Waals surface area contributed by atoms with Gasteiger partial charge in [-0.15, -0.1) is 11.3 Å². The van der Waals surface area contributed by atoms with Gasteiger partial charge in [-0.25, -0.2) is 18.4 Å². The Labute approximate surface area is 139 Å². The molecule has 0 aliphatic carbocycles. The summed E-state index contributed by atoms with van der Waals surface area (Å²) in [4.78, 5) is 8.04. The normalized spacial score (nSPS) is 12.7. The summed E-state index contributed by atoms with van der Waals surface area (Å²) in [6, 6.07) is 7.28. The first-order valence-electron chi connectivity index (χ1n) is 6.88. The summed E-state index contributed by atoms with van der Waals surface area (Å²) >= 11 is 0.983. The average molecular weight is 372 g/mol. The first kappa shape index (κ1) is 16.8. The van der Waals surface area contributed by atoms with Gasteiger partial charge in [0.15, 0.2) is 15.5 Å². The molecule has 0 radical (unpaired) electrons. The van der Waals surface area contributed by atoms with E-state index < -0.39 is 21.6 Å². The zero-order chi connectivity index (χ0) is 17.5. The Balaban J connectivity index is 2.18. The van der Waals surface area contributed by atoms with Crippen LogP contribution in [-0.4, -0.2) is 24.1 Å². The lowest BCUT2D eigenvalue weighted by Gasteiger charge is -2.06. The zero-order valence-corrected chi connectivity index (χ0v) is 14.0. The lowest BCUT2D eigenvalue weighted by molar-refractivity contribution is -0.137. The maximum atomic E-state index is 12.8. The van der Waals surface area contributed by atoms with Crippen LogP contribution < -0.4 is 0 Å². The minimum Gasteiger partial charge on any atom is -0.235 e. The summed E-state index contributed by atoms with van der Waals surface area (Å²) in [5, 5.41) is 0.324. The molecule has 2 heterocycles. The quantitative estimate of drug-likeness (QED) is 0.692. The van der Waals surface area contributed by atoms with Crippen LogP contribution in [0.5, 0.6) is 0 Å². The van der Waals surface area contributed by atoms with Gasteiger partial charge in [0.25, 0.3) is 0 Å². The highest BCUT2D eigenvalue weighted by atomic mass is 32.2. The van der Waals surface area contributed by atoms with Crippen LogP contribution in [0.25, 0.3) is 20.9 Å². The second-order valence-corrected chi connectivity index (χ2v) is 8.24. The van der Waals surface area contributed by atoms with Gasteiger partial charge in [-0.2, -0.15) is 13.2 Å². The van der Waals surface area contributed by atoms with Crippen LogP contribution in [0.3, 0.4) is 0 Å². The van der Waals surface area contributed by atoms with Crippen molar-refractivity contribution in [3.63, 3.8) is 0 Å². The molecule has 0 N–H and O–H groups in total. The van der Waals surface area contributed by atoms with Crippen LogP contribution in [0, 0.1) is 0 Å². The van der Waals surface area contributed by atoms with Crippen molar-refractivity contribution < 1.29 is 21.6 Å². The number of rotatable bonds is 3. The molecule has 1 aromatic carbocycles. The molecule has 0 saturated carbocycles. The van der Waals surface area contributed by atoms with Gasteiger partial charge in [-0.1, -0.05) is 25.1 Å². The Kier molecular flexibility index (Phi) is 4.08. The monoisotopic (exact) mass is 372 g/mol. The maximum absolute atomic E-state index is 12.8. The van der Waals surface area contributed by atoms with Crippen molar-refractivity contribution in [2.75, 3.05) is 5.75 Å². The fraction of sp³-hybridized carbons (Fsp3) is 0.200. The third kappa shape index (κ3) is 3.01. The number of nitrogens with zero attached hydrogens (tertiary/aromatic N) is 2. The molecule has 3 rings (SSSR count). The average Bonchev–Trinajstić information content (AvgIpc) is 2.97. The van der Waals surface area contributed by atoms with Crippen molar-refractivity contribution >= 4 is 31.5 Å². The largest absolute Gasteiger partial charge is 0.417 e. The molecule has 0 fully saturated rings. The molecule has 2 aromatic heterocycles. The van der Waals surface area contributed by atoms with Crippen molar-refractivity contribution in [2.45, 2.75) is 18.0 Å². The first-order chi connectivity index (χ1) is 11.2. The highest BCUT2D eigenvalue weighted by Gasteiger charge is 2.31. The molecule has 9 heteroatoms. The number of benzene rings is 1. The summed E-state index contributed by atoms with van der Waals surface area (Å²) in [6.45, 7) is 1.53. The Morgan fingerprint density at radius 2 is 1.92 bits per heavy atom. The van der Waals surface area contributed by atoms with E-state index in [0.717, 1.165) is 23.6 Å². The van der Waals surface area contributed by atoms with Crippen LogP contribution in [0.15, 0.2) is 41.4 Å². The molecule has 0 unspecified atom stereocenters. The summed E-state index contributed by atoms with van der Waals surface area (Å²) in [5.74, 6) is -0.0780. The molecule has 0 atom stereocenters. The Morgan fingerprint density at radius 1 is 1.21 bits per heavy atom. The number of aromatic nitrogens is 2. The molecule has 126 valence electrons. The minimum atomic E-state index is -4.49. The maximum Gasteiger partial charge on any atom is 0.417 e. The Bertz CT molecular complexity index is 1010. The van der Waals surface area contributed by atoms with Crippen LogP contribution in [0.4, 0.5) is 13.2 Å². The number of alkyl halides is 3. The molecular weight excluding hydrogens is 361 g/mol. The Morgan fingerprint density at radius 3 is 2.58 bits per heavy atom. The summed E-state index contributed by atoms with van der Waals surface area (Å²) in [5.41, 5.74) is -0.331. The fourth-order valence-electron chi connectivity index (χ4n) is 2.16. The van der Waals surface area contributed by atoms with E-state index in [0.29, 0.717) is 10.6 Å². The lowest BCUT2D eigenvalue weighted by atomic mass is 10.2. The minimum absolute atomic E-state index is 0.0780. The standard InChI is InChI=1S/C15H11F3N2O2S2/c1-2-24(21,22)12-6-4-3-5-10(12)14-20-13-11(23-14)7-9(8-19-13)15(16,17)18/h3-8H,2H2,1H3. The zero-order valence-electron chi connectivity index (χ0n) is 12.3. The van der Waals surface area contributed by atoms with Crippen molar-refractivity contribution in [3.8, 4) is 10.6 Å². The van der Waals surface area contributed by atoms with Crippen LogP contribution in [0.1, 0.15) is 12.5 Å². The van der Waals surface area contributed by atoms with Crippen LogP contribution in [-0.2, 0) is 16.0 Å². The van der Waals surface area contributed by atoms with Crippen molar-refractivity contribution in [1.82, 2.24) is 9.97 Å². The molecule has 0 aliphatic heterocycles. The number of pyridine rings is 1. The third-order valence-electron chi connectivity index (χ3n) is 3.41. The van der Waals surface area contributed by atoms with Gasteiger partial charge in [-0.3, -0.25) is 0 Å². The van der Waals surface area contributed by atoms with Crippen molar-refractivity contribution in [3.05, 3.63) is 42.1 Å². The number of thiazole rings is 1. The van der Waals surface area contributed by atoms with Gasteiger partial charge in [0.1, 0.15) is 5.01 Å². The molecule has 24 heavy (non-hydrogen) atoms. The molecule has 3 aromatic rings. The molecular formula is C15H11F3N2O2S2. The van der Waals surface area contributed by atoms with E-state index in [9.17, 15) is 21.6 Å². The molecule has 0 bridgehead atoms. The summed E-state index contributed by atoms with van der Waals surface area (Å²) in [6.07, 6.45) is -3.77. The van der Waals surface area contributed by atoms with Gasteiger partial charge in [0, 0.05) is 11.8 Å². The lowest BCUT2D eigenvalue weighted by Crippen LogP contribution is -2.05. The topological polar surface area (TPSA) is 59.9 Å². The van der Waals surface area contributed by atoms with Gasteiger partial charge in [0.05, 0.1) is 20.9 Å². The first-order valence-corrected chi connectivity index (χ1v) is 9.35. The molecule has 0 amide bonds. The van der Waals surface area contributed by atoms with Gasteiger partial charge >= 0.3 is 6.18 Å². The van der Waals surface area contributed by atoms with E-state index >= 15 is 0 Å². The van der Waals surface area contributed by atoms with Gasteiger partial charge < -0.3 is 0 Å². The SMILES string of the molecule is CCS(=O)(=O)c1ccccc1-c1nc2ncc(C(F)(F)F)cc2s1. The number of hydrogen-bond acceptors (Lipinski definition) is 5. The molecule has 4 nitrogen and oxygen atoms in total. The van der Waals surface area contributed by atoms with E-state index in [1.54, 1.807) is 18.2 Å². The predicted octanol–water partition coefficient (Wildman–Crippen LogP) is 4.17. The van der Waals surface area contributed by atoms with Gasteiger partial charge in [0.2, 0.25) is 0 Å². The summed E-state index contributed by atoms with van der Waals surface area (Å²) < 4.78 is 63.0. The van der Waals surface area contributed by atoms with E-state index in [1.165, 1.54) is 13.0 Å². The fourth-order valence-corrected chi connectivity index (χ4v) is 4.33. The number of halogens is 3. The number of fused-ring (bicyclic) bond motifs is 1. The highest BCUT2D eigenvalue weighted by Crippen LogP contribution is 2.36. The number of sulfone groups is 1. The van der Waals surface area contributed by atoms with E-state index in [1.807, 2.05) is 0 Å². The molecule has 0 spiro atoms. The smallest absolute Gasteiger partial charge is 0.235 e. The van der Waals surface area contributed by atoms with E-state index in [4.69, 9.17) is 0 Å². The van der Waals surface area contributed by atoms with Crippen LogP contribution in [0.2, 0.25) is 0 Å². The molecule has 0 aliphatic rings. The van der Waals surface area contributed by atoms with E-state index in [-0.39, 0.29) is 21.0 Å². The number of hydrogen-bond donors (Lipinski definition) is 0. The van der Waals surface area contributed by atoms with Gasteiger partial charge in [-0.05, 0) is 12.1 Å². The highest BCUT2D eigenvalue weighted by molar-refractivity contribution is 7.91. The second kappa shape index (κ2) is 5.82. The van der Waals surface area contributed by atoms with E-state index in [2.05, 4.69) is 9.97 Å². The van der Waals surface area contributed by atoms with Crippen LogP contribution >= 0.6 is 11.3 Å². The Hall–Kier alpha value is -2.00. The summed E-state index contributed by atoms with van der Waals surface area (Å²) in [7, 11) is -3.48. The van der Waals surface area contributed by atoms with Crippen molar-refractivity contribution in [2.24, 2.45) is 0 Å². The second-order valence-electron chi connectivity index (χ2n) is 4.96. The van der Waals surface area contributed by atoms with Crippen molar-refractivity contribution in [1.29, 1.82) is 0 Å². The third-order valence-corrected chi connectivity index (χ3v) is 6.22. The molecule has 0 saturated heterocycles. The predicted molar refractivity (Wildman–Crippen MR) is 85.6 cm³/mol.